The summed E-state index contributed by atoms with van der Waals surface area (Å²) >= 11 is 0. The molecule has 12 N–H and O–H groups in total. The Morgan fingerprint density at radius 3 is 1.75 bits per heavy atom. The zero-order chi connectivity index (χ0) is 45.3. The maximum Gasteiger partial charge on any atom is 0.335 e. The lowest BCUT2D eigenvalue weighted by Gasteiger charge is -2.30. The van der Waals surface area contributed by atoms with E-state index in [1.807, 2.05) is 0 Å². The van der Waals surface area contributed by atoms with E-state index in [1.54, 1.807) is 58.0 Å². The average molecular weight is 842 g/mol. The number of amides is 6. The Bertz CT molecular complexity index is 1840. The number of aromatic carboxylic acids is 1. The van der Waals surface area contributed by atoms with Gasteiger partial charge in [0.1, 0.15) is 24.2 Å². The van der Waals surface area contributed by atoms with Gasteiger partial charge in [-0.3, -0.25) is 38.4 Å². The van der Waals surface area contributed by atoms with E-state index in [-0.39, 0.29) is 42.9 Å². The van der Waals surface area contributed by atoms with Crippen molar-refractivity contribution in [2.45, 2.75) is 109 Å². The minimum atomic E-state index is -2.10. The highest BCUT2D eigenvalue weighted by Gasteiger charge is 2.36. The Hall–Kier alpha value is -6.41. The standard InChI is InChI=1S/C40H55N7O13/c1-20(2)17-28(45-38(57)32(21(3)4)47-35(54)26(41)15-16-30(48)49)37(56)44-27(18-23-9-7-6-8-10-23)33(52)39(58)46-29(19-31(50)51)36(55)42-22(5)34(53)43-25-13-11-24(12-14-25)40(59)60/h6-14,20-22,26-29,32-33,52H,15-19,41H2,1-5H3,(H,42,55)(H,43,53)(H,44,56)(H,45,57)(H,46,58)(H,47,54)(H,48,49)(H,50,51)(H,59,60)/t22-,26-,27-,28-,29-,32-,33+/m0/s1. The van der Waals surface area contributed by atoms with Crippen LogP contribution in [0.1, 0.15) is 76.2 Å². The normalized spacial score (nSPS) is 14.6. The molecule has 0 aliphatic carbocycles. The molecule has 0 bridgehead atoms. The van der Waals surface area contributed by atoms with Gasteiger partial charge in [0.25, 0.3) is 5.91 Å². The van der Waals surface area contributed by atoms with Gasteiger partial charge in [0, 0.05) is 12.1 Å². The fourth-order valence-corrected chi connectivity index (χ4v) is 5.71. The highest BCUT2D eigenvalue weighted by molar-refractivity contribution is 5.99. The highest BCUT2D eigenvalue weighted by atomic mass is 16.4. The van der Waals surface area contributed by atoms with Gasteiger partial charge < -0.3 is 58.1 Å². The van der Waals surface area contributed by atoms with Crippen LogP contribution in [0.5, 0.6) is 0 Å². The Balaban J connectivity index is 2.29. The number of aliphatic carboxylic acids is 2. The number of nitrogens with one attached hydrogen (secondary N) is 6. The fraction of sp³-hybridized carbons (Fsp3) is 0.475. The van der Waals surface area contributed by atoms with Gasteiger partial charge in [-0.25, -0.2) is 4.79 Å². The molecule has 20 heteroatoms. The summed E-state index contributed by atoms with van der Waals surface area (Å²) in [5, 5.41) is 53.7. The molecule has 0 radical (unpaired) electrons. The van der Waals surface area contributed by atoms with Crippen LogP contribution < -0.4 is 37.6 Å². The Kier molecular flexibility index (Phi) is 19.8. The largest absolute Gasteiger partial charge is 0.481 e. The quantitative estimate of drug-likeness (QED) is 0.0649. The molecule has 20 nitrogen and oxygen atoms in total. The molecule has 0 spiro atoms. The summed E-state index contributed by atoms with van der Waals surface area (Å²) in [6.07, 6.45) is -3.71. The Morgan fingerprint density at radius 2 is 1.22 bits per heavy atom. The lowest BCUT2D eigenvalue weighted by molar-refractivity contribution is -0.142. The van der Waals surface area contributed by atoms with E-state index in [2.05, 4.69) is 31.9 Å². The van der Waals surface area contributed by atoms with Crippen molar-refractivity contribution in [3.63, 3.8) is 0 Å². The van der Waals surface area contributed by atoms with E-state index in [4.69, 9.17) is 15.9 Å². The Labute approximate surface area is 346 Å². The van der Waals surface area contributed by atoms with Crippen LogP contribution in [-0.2, 0) is 44.8 Å². The van der Waals surface area contributed by atoms with Gasteiger partial charge in [0.2, 0.25) is 29.5 Å². The first-order valence-corrected chi connectivity index (χ1v) is 19.2. The van der Waals surface area contributed by atoms with Crippen LogP contribution >= 0.6 is 0 Å². The number of aliphatic hydroxyl groups is 1. The molecule has 2 rings (SSSR count). The first-order valence-electron chi connectivity index (χ1n) is 19.2. The zero-order valence-electron chi connectivity index (χ0n) is 34.0. The highest BCUT2D eigenvalue weighted by Crippen LogP contribution is 2.13. The number of carbonyl (C=O) groups is 9. The van der Waals surface area contributed by atoms with Gasteiger partial charge in [0.05, 0.1) is 24.1 Å². The number of hydrogen-bond donors (Lipinski definition) is 11. The molecular formula is C40H55N7O13. The van der Waals surface area contributed by atoms with Crippen molar-refractivity contribution in [2.24, 2.45) is 17.6 Å². The zero-order valence-corrected chi connectivity index (χ0v) is 34.0. The molecule has 0 unspecified atom stereocenters. The van der Waals surface area contributed by atoms with Crippen LogP contribution in [0.25, 0.3) is 0 Å². The molecular weight excluding hydrogens is 786 g/mol. The molecule has 0 saturated heterocycles. The summed E-state index contributed by atoms with van der Waals surface area (Å²) < 4.78 is 0. The van der Waals surface area contributed by atoms with Crippen LogP contribution in [0.15, 0.2) is 54.6 Å². The van der Waals surface area contributed by atoms with E-state index >= 15 is 0 Å². The Morgan fingerprint density at radius 1 is 0.633 bits per heavy atom. The third-order valence-electron chi connectivity index (χ3n) is 9.03. The van der Waals surface area contributed by atoms with Gasteiger partial charge in [-0.05, 0) is 67.9 Å². The van der Waals surface area contributed by atoms with Crippen molar-refractivity contribution >= 4 is 59.0 Å². The lowest BCUT2D eigenvalue weighted by atomic mass is 9.97. The summed E-state index contributed by atoms with van der Waals surface area (Å²) in [7, 11) is 0. The molecule has 7 atom stereocenters. The first kappa shape index (κ1) is 49.7. The second-order valence-electron chi connectivity index (χ2n) is 15.0. The molecule has 6 amide bonds. The summed E-state index contributed by atoms with van der Waals surface area (Å²) in [6.45, 7) is 8.09. The third-order valence-corrected chi connectivity index (χ3v) is 9.03. The van der Waals surface area contributed by atoms with Crippen molar-refractivity contribution < 1.29 is 63.6 Å². The molecule has 60 heavy (non-hydrogen) atoms. The second-order valence-corrected chi connectivity index (χ2v) is 15.0. The number of anilines is 1. The van der Waals surface area contributed by atoms with E-state index in [9.17, 15) is 53.4 Å². The van der Waals surface area contributed by atoms with Crippen LogP contribution in [0.3, 0.4) is 0 Å². The number of nitrogens with two attached hydrogens (primary N) is 1. The number of rotatable bonds is 24. The summed E-state index contributed by atoms with van der Waals surface area (Å²) in [6, 6.07) is 5.31. The van der Waals surface area contributed by atoms with E-state index in [0.29, 0.717) is 5.56 Å². The molecule has 0 saturated carbocycles. The number of benzene rings is 2. The molecule has 0 heterocycles. The molecule has 2 aromatic carbocycles. The summed E-state index contributed by atoms with van der Waals surface area (Å²) in [5.74, 6) is -10.0. The molecule has 0 aliphatic heterocycles. The number of carbonyl (C=O) groups excluding carboxylic acids is 6. The van der Waals surface area contributed by atoms with Gasteiger partial charge in [-0.15, -0.1) is 0 Å². The summed E-state index contributed by atoms with van der Waals surface area (Å²) in [5.41, 5.74) is 6.55. The maximum absolute atomic E-state index is 13.9. The average Bonchev–Trinajstić information content (AvgIpc) is 3.17. The minimum absolute atomic E-state index is 0.0340. The fourth-order valence-electron chi connectivity index (χ4n) is 5.71. The molecule has 2 aromatic rings. The number of carboxylic acid groups (broad SMARTS) is 3. The predicted molar refractivity (Wildman–Crippen MR) is 215 cm³/mol. The molecule has 0 aromatic heterocycles. The second kappa shape index (κ2) is 23.9. The van der Waals surface area contributed by atoms with Crippen LogP contribution in [0.4, 0.5) is 5.69 Å². The SMILES string of the molecule is CC(C)C[C@H](NC(=O)[C@@H](NC(=O)[C@@H](N)CCC(=O)O)C(C)C)C(=O)N[C@@H](Cc1ccccc1)[C@@H](O)C(=O)N[C@@H](CC(=O)O)C(=O)N[C@@H](C)C(=O)Nc1ccc(C(=O)O)cc1. The molecule has 0 aliphatic rings. The van der Waals surface area contributed by atoms with E-state index < -0.39 is 108 Å². The maximum atomic E-state index is 13.9. The minimum Gasteiger partial charge on any atom is -0.481 e. The van der Waals surface area contributed by atoms with Gasteiger partial charge in [-0.1, -0.05) is 58.0 Å². The molecule has 328 valence electrons. The predicted octanol–water partition coefficient (Wildman–Crippen LogP) is -0.260. The van der Waals surface area contributed by atoms with Crippen molar-refractivity contribution in [3.05, 3.63) is 65.7 Å². The van der Waals surface area contributed by atoms with Crippen molar-refractivity contribution in [1.29, 1.82) is 0 Å². The monoisotopic (exact) mass is 841 g/mol. The van der Waals surface area contributed by atoms with Gasteiger partial charge in [-0.2, -0.15) is 0 Å². The topological polar surface area (TPSA) is 333 Å². The van der Waals surface area contributed by atoms with Crippen LogP contribution in [0, 0.1) is 11.8 Å². The van der Waals surface area contributed by atoms with Crippen molar-refractivity contribution in [2.75, 3.05) is 5.32 Å². The van der Waals surface area contributed by atoms with Crippen LogP contribution in [0.2, 0.25) is 0 Å². The van der Waals surface area contributed by atoms with Gasteiger partial charge in [0.15, 0.2) is 6.10 Å². The smallest absolute Gasteiger partial charge is 0.335 e. The number of hydrogen-bond acceptors (Lipinski definition) is 11. The van der Waals surface area contributed by atoms with Crippen molar-refractivity contribution in [1.82, 2.24) is 26.6 Å². The first-order chi connectivity index (χ1) is 28.1. The number of carboxylic acids is 3. The van der Waals surface area contributed by atoms with Gasteiger partial charge >= 0.3 is 17.9 Å². The van der Waals surface area contributed by atoms with Crippen molar-refractivity contribution in [3.8, 4) is 0 Å². The number of aliphatic hydroxyl groups excluding tert-OH is 1. The van der Waals surface area contributed by atoms with Crippen LogP contribution in [-0.4, -0.2) is 116 Å². The third kappa shape index (κ3) is 16.8. The lowest BCUT2D eigenvalue weighted by Crippen LogP contribution is -2.61. The van der Waals surface area contributed by atoms with E-state index in [0.717, 1.165) is 0 Å². The summed E-state index contributed by atoms with van der Waals surface area (Å²) in [4.78, 5) is 114. The molecule has 0 fully saturated rings. The van der Waals surface area contributed by atoms with E-state index in [1.165, 1.54) is 31.2 Å².